The first-order valence-electron chi connectivity index (χ1n) is 8.78. The van der Waals surface area contributed by atoms with Crippen molar-refractivity contribution in [1.82, 2.24) is 5.32 Å². The summed E-state index contributed by atoms with van der Waals surface area (Å²) in [6.07, 6.45) is 4.95. The molecule has 2 atom stereocenters. The van der Waals surface area contributed by atoms with Gasteiger partial charge >= 0.3 is 0 Å². The minimum Gasteiger partial charge on any atom is -0.356 e. The molecule has 2 rings (SSSR count). The van der Waals surface area contributed by atoms with Crippen molar-refractivity contribution >= 4 is 17.5 Å². The number of anilines is 1. The van der Waals surface area contributed by atoms with Crippen LogP contribution in [0, 0.1) is 11.8 Å². The Morgan fingerprint density at radius 3 is 2.70 bits per heavy atom. The molecule has 126 valence electrons. The Morgan fingerprint density at radius 2 is 2.04 bits per heavy atom. The van der Waals surface area contributed by atoms with Crippen LogP contribution in [0.1, 0.15) is 46.0 Å². The van der Waals surface area contributed by atoms with Crippen molar-refractivity contribution in [2.75, 3.05) is 18.0 Å². The summed E-state index contributed by atoms with van der Waals surface area (Å²) in [5, 5.41) is 3.06. The van der Waals surface area contributed by atoms with Crippen LogP contribution >= 0.6 is 0 Å². The van der Waals surface area contributed by atoms with Gasteiger partial charge in [-0.25, -0.2) is 0 Å². The highest BCUT2D eigenvalue weighted by Gasteiger charge is 2.35. The molecule has 4 heteroatoms. The first-order chi connectivity index (χ1) is 11.2. The summed E-state index contributed by atoms with van der Waals surface area (Å²) in [5.41, 5.74) is 0.877. The summed E-state index contributed by atoms with van der Waals surface area (Å²) in [7, 11) is 0. The standard InChI is InChI=1S/C19H28N2O2/c1-3-5-9-15(4-2)13-20-19(23)16-12-18(22)21(14-16)17-10-7-6-8-11-17/h6-8,10-11,15-16H,3-5,9,12-14H2,1-2H3,(H,20,23). The Hall–Kier alpha value is -1.84. The van der Waals surface area contributed by atoms with E-state index in [0.29, 0.717) is 18.9 Å². The number of hydrogen-bond acceptors (Lipinski definition) is 2. The molecule has 1 aliphatic heterocycles. The number of benzene rings is 1. The van der Waals surface area contributed by atoms with Gasteiger partial charge in [-0.2, -0.15) is 0 Å². The van der Waals surface area contributed by atoms with Crippen molar-refractivity contribution in [1.29, 1.82) is 0 Å². The van der Waals surface area contributed by atoms with E-state index in [1.54, 1.807) is 4.90 Å². The molecule has 1 fully saturated rings. The highest BCUT2D eigenvalue weighted by molar-refractivity contribution is 6.00. The number of nitrogens with zero attached hydrogens (tertiary/aromatic N) is 1. The normalized spacial score (nSPS) is 19.0. The van der Waals surface area contributed by atoms with Crippen molar-refractivity contribution in [3.8, 4) is 0 Å². The first kappa shape index (κ1) is 17.5. The van der Waals surface area contributed by atoms with E-state index in [4.69, 9.17) is 0 Å². The van der Waals surface area contributed by atoms with Crippen LogP contribution in [0.15, 0.2) is 30.3 Å². The maximum absolute atomic E-state index is 12.4. The van der Waals surface area contributed by atoms with Crippen molar-refractivity contribution in [3.63, 3.8) is 0 Å². The van der Waals surface area contributed by atoms with Gasteiger partial charge in [0.1, 0.15) is 0 Å². The summed E-state index contributed by atoms with van der Waals surface area (Å²) >= 11 is 0. The maximum Gasteiger partial charge on any atom is 0.227 e. The third kappa shape index (κ3) is 4.81. The van der Waals surface area contributed by atoms with Gasteiger partial charge in [0.2, 0.25) is 11.8 Å². The monoisotopic (exact) mass is 316 g/mol. The molecule has 1 N–H and O–H groups in total. The van der Waals surface area contributed by atoms with Gasteiger partial charge in [-0.1, -0.05) is 51.3 Å². The summed E-state index contributed by atoms with van der Waals surface area (Å²) in [4.78, 5) is 26.3. The van der Waals surface area contributed by atoms with Crippen molar-refractivity contribution in [2.24, 2.45) is 11.8 Å². The highest BCUT2D eigenvalue weighted by atomic mass is 16.2. The topological polar surface area (TPSA) is 49.4 Å². The molecule has 1 saturated heterocycles. The molecule has 0 aliphatic carbocycles. The zero-order valence-corrected chi connectivity index (χ0v) is 14.3. The van der Waals surface area contributed by atoms with Gasteiger partial charge in [0.25, 0.3) is 0 Å². The van der Waals surface area contributed by atoms with E-state index in [9.17, 15) is 9.59 Å². The lowest BCUT2D eigenvalue weighted by atomic mass is 9.99. The van der Waals surface area contributed by atoms with Gasteiger partial charge in [0, 0.05) is 25.2 Å². The van der Waals surface area contributed by atoms with Crippen LogP contribution in [0.25, 0.3) is 0 Å². The maximum atomic E-state index is 12.4. The second kappa shape index (κ2) is 8.70. The molecule has 0 radical (unpaired) electrons. The number of carbonyl (C=O) groups excluding carboxylic acids is 2. The Kier molecular flexibility index (Phi) is 6.63. The van der Waals surface area contributed by atoms with E-state index in [2.05, 4.69) is 19.2 Å². The molecule has 4 nitrogen and oxygen atoms in total. The van der Waals surface area contributed by atoms with Crippen LogP contribution in [-0.2, 0) is 9.59 Å². The van der Waals surface area contributed by atoms with Gasteiger partial charge in [-0.15, -0.1) is 0 Å². The molecule has 1 aromatic rings. The van der Waals surface area contributed by atoms with E-state index in [-0.39, 0.29) is 17.7 Å². The third-order valence-corrected chi connectivity index (χ3v) is 4.67. The average Bonchev–Trinajstić information content (AvgIpc) is 2.97. The fraction of sp³-hybridized carbons (Fsp3) is 0.579. The van der Waals surface area contributed by atoms with Crippen LogP contribution < -0.4 is 10.2 Å². The molecular formula is C19H28N2O2. The minimum atomic E-state index is -0.230. The predicted octanol–water partition coefficient (Wildman–Crippen LogP) is 3.37. The summed E-state index contributed by atoms with van der Waals surface area (Å²) in [6.45, 7) is 5.57. The van der Waals surface area contributed by atoms with Crippen LogP contribution in [0.5, 0.6) is 0 Å². The van der Waals surface area contributed by atoms with Crippen LogP contribution in [0.3, 0.4) is 0 Å². The van der Waals surface area contributed by atoms with Crippen LogP contribution in [0.4, 0.5) is 5.69 Å². The van der Waals surface area contributed by atoms with Crippen LogP contribution in [-0.4, -0.2) is 24.9 Å². The molecular weight excluding hydrogens is 288 g/mol. The Bertz CT molecular complexity index is 515. The lowest BCUT2D eigenvalue weighted by Gasteiger charge is -2.18. The number of rotatable bonds is 8. The van der Waals surface area contributed by atoms with Gasteiger partial charge < -0.3 is 10.2 Å². The average molecular weight is 316 g/mol. The number of unbranched alkanes of at least 4 members (excludes halogenated alkanes) is 1. The van der Waals surface area contributed by atoms with Crippen molar-refractivity contribution < 1.29 is 9.59 Å². The summed E-state index contributed by atoms with van der Waals surface area (Å²) in [5.74, 6) is 0.369. The predicted molar refractivity (Wildman–Crippen MR) is 93.2 cm³/mol. The lowest BCUT2D eigenvalue weighted by molar-refractivity contribution is -0.126. The number of amides is 2. The van der Waals surface area contributed by atoms with Crippen molar-refractivity contribution in [3.05, 3.63) is 30.3 Å². The van der Waals surface area contributed by atoms with Gasteiger partial charge in [0.15, 0.2) is 0 Å². The second-order valence-electron chi connectivity index (χ2n) is 6.40. The molecule has 1 heterocycles. The zero-order valence-electron chi connectivity index (χ0n) is 14.3. The molecule has 23 heavy (non-hydrogen) atoms. The number of hydrogen-bond donors (Lipinski definition) is 1. The van der Waals surface area contributed by atoms with Gasteiger partial charge in [-0.05, 0) is 24.5 Å². The minimum absolute atomic E-state index is 0.0201. The first-order valence-corrected chi connectivity index (χ1v) is 8.78. The Morgan fingerprint density at radius 1 is 1.30 bits per heavy atom. The number of nitrogens with one attached hydrogen (secondary N) is 1. The highest BCUT2D eigenvalue weighted by Crippen LogP contribution is 2.25. The lowest BCUT2D eigenvalue weighted by Crippen LogP contribution is -2.35. The summed E-state index contributed by atoms with van der Waals surface area (Å²) < 4.78 is 0. The molecule has 1 aliphatic rings. The van der Waals surface area contributed by atoms with Crippen LogP contribution in [0.2, 0.25) is 0 Å². The van der Waals surface area contributed by atoms with Gasteiger partial charge in [0.05, 0.1) is 5.92 Å². The molecule has 0 spiro atoms. The number of para-hydroxylation sites is 1. The third-order valence-electron chi connectivity index (χ3n) is 4.67. The quantitative estimate of drug-likeness (QED) is 0.799. The fourth-order valence-electron chi connectivity index (χ4n) is 3.07. The van der Waals surface area contributed by atoms with Crippen molar-refractivity contribution in [2.45, 2.75) is 46.0 Å². The summed E-state index contributed by atoms with van der Waals surface area (Å²) in [6, 6.07) is 9.58. The van der Waals surface area contributed by atoms with Gasteiger partial charge in [-0.3, -0.25) is 9.59 Å². The number of carbonyl (C=O) groups is 2. The largest absolute Gasteiger partial charge is 0.356 e. The Balaban J connectivity index is 1.85. The second-order valence-corrected chi connectivity index (χ2v) is 6.40. The van der Waals surface area contributed by atoms with E-state index in [1.165, 1.54) is 12.8 Å². The zero-order chi connectivity index (χ0) is 16.7. The van der Waals surface area contributed by atoms with E-state index < -0.39 is 0 Å². The molecule has 0 saturated carbocycles. The Labute approximate surface area is 139 Å². The molecule has 2 unspecified atom stereocenters. The SMILES string of the molecule is CCCCC(CC)CNC(=O)C1CC(=O)N(c2ccccc2)C1. The van der Waals surface area contributed by atoms with E-state index >= 15 is 0 Å². The smallest absolute Gasteiger partial charge is 0.227 e. The van der Waals surface area contributed by atoms with E-state index in [1.807, 2.05) is 30.3 Å². The molecule has 1 aromatic carbocycles. The fourth-order valence-corrected chi connectivity index (χ4v) is 3.07. The molecule has 0 bridgehead atoms. The molecule has 2 amide bonds. The molecule has 0 aromatic heterocycles. The van der Waals surface area contributed by atoms with E-state index in [0.717, 1.165) is 25.1 Å².